The molecule has 2 aromatic rings. The highest BCUT2D eigenvalue weighted by Crippen LogP contribution is 2.42. The van der Waals surface area contributed by atoms with Gasteiger partial charge in [0.05, 0.1) is 30.4 Å². The van der Waals surface area contributed by atoms with Crippen molar-refractivity contribution in [3.63, 3.8) is 0 Å². The summed E-state index contributed by atoms with van der Waals surface area (Å²) >= 11 is 0. The van der Waals surface area contributed by atoms with Gasteiger partial charge in [0.15, 0.2) is 0 Å². The quantitative estimate of drug-likeness (QED) is 0.240. The third-order valence-electron chi connectivity index (χ3n) is 6.06. The molecule has 2 N–H and O–H groups in total. The number of methoxy groups -OCH3 is 1. The fraction of sp³-hybridized carbons (Fsp3) is 0.429. The first-order chi connectivity index (χ1) is 16.5. The van der Waals surface area contributed by atoms with Gasteiger partial charge in [-0.05, 0) is 61.1 Å². The summed E-state index contributed by atoms with van der Waals surface area (Å²) in [6.45, 7) is 10.7. The zero-order chi connectivity index (χ0) is 25.9. The van der Waals surface area contributed by atoms with Crippen molar-refractivity contribution in [2.45, 2.75) is 58.6 Å². The Bertz CT molecular complexity index is 1110. The summed E-state index contributed by atoms with van der Waals surface area (Å²) in [7, 11) is 1.49. The van der Waals surface area contributed by atoms with Crippen LogP contribution in [0.25, 0.3) is 5.76 Å². The van der Waals surface area contributed by atoms with Crippen LogP contribution in [0.5, 0.6) is 11.5 Å². The van der Waals surface area contributed by atoms with Gasteiger partial charge >= 0.3 is 0 Å². The van der Waals surface area contributed by atoms with Crippen LogP contribution in [-0.4, -0.2) is 53.2 Å². The minimum Gasteiger partial charge on any atom is -0.508 e. The van der Waals surface area contributed by atoms with Crippen molar-refractivity contribution in [3.8, 4) is 11.5 Å². The molecule has 0 radical (unpaired) electrons. The number of hydrogen-bond donors (Lipinski definition) is 2. The molecule has 2 aromatic carbocycles. The van der Waals surface area contributed by atoms with Gasteiger partial charge < -0.3 is 24.6 Å². The number of aliphatic hydroxyl groups excluding tert-OH is 1. The molecule has 7 nitrogen and oxygen atoms in total. The molecule has 1 unspecified atom stereocenters. The van der Waals surface area contributed by atoms with E-state index in [2.05, 4.69) is 0 Å². The second-order valence-electron chi connectivity index (χ2n) is 10.0. The van der Waals surface area contributed by atoms with E-state index >= 15 is 0 Å². The molecule has 7 heteroatoms. The Kier molecular flexibility index (Phi) is 7.90. The lowest BCUT2D eigenvalue weighted by molar-refractivity contribution is -0.140. The summed E-state index contributed by atoms with van der Waals surface area (Å²) in [4.78, 5) is 27.9. The molecule has 0 aromatic heterocycles. The lowest BCUT2D eigenvalue weighted by Gasteiger charge is -2.26. The summed E-state index contributed by atoms with van der Waals surface area (Å²) in [5.74, 6) is -1.26. The Morgan fingerprint density at radius 3 is 2.31 bits per heavy atom. The van der Waals surface area contributed by atoms with Crippen molar-refractivity contribution in [2.75, 3.05) is 20.3 Å². The minimum atomic E-state index is -0.808. The van der Waals surface area contributed by atoms with Crippen LogP contribution in [0.15, 0.2) is 48.0 Å². The maximum atomic E-state index is 13.3. The highest BCUT2D eigenvalue weighted by Gasteiger charge is 2.46. The standard InChI is InChI=1S/C28H35NO6/c1-17(2)35-15-7-14-29-24(18-8-11-20(30)12-9-18)23(26(32)27(29)33)25(31)21-16-19(28(3,4)5)10-13-22(21)34-6/h8-13,16-17,24,30-31H,7,14-15H2,1-6H3/b25-23+. The molecule has 3 rings (SSSR count). The maximum absolute atomic E-state index is 13.3. The van der Waals surface area contributed by atoms with Crippen molar-refractivity contribution >= 4 is 17.4 Å². The molecule has 0 spiro atoms. The molecule has 0 aliphatic carbocycles. The van der Waals surface area contributed by atoms with Crippen molar-refractivity contribution in [2.24, 2.45) is 0 Å². The molecule has 188 valence electrons. The number of carbonyl (C=O) groups is 2. The van der Waals surface area contributed by atoms with Gasteiger partial charge in [0.2, 0.25) is 0 Å². The molecule has 1 fully saturated rings. The SMILES string of the molecule is COc1ccc(C(C)(C)C)cc1/C(O)=C1\C(=O)C(=O)N(CCCOC(C)C)C1c1ccc(O)cc1. The topological polar surface area (TPSA) is 96.3 Å². The van der Waals surface area contributed by atoms with E-state index in [0.29, 0.717) is 29.9 Å². The number of hydrogen-bond acceptors (Lipinski definition) is 6. The number of rotatable bonds is 8. The van der Waals surface area contributed by atoms with E-state index in [9.17, 15) is 19.8 Å². The molecule has 35 heavy (non-hydrogen) atoms. The second-order valence-corrected chi connectivity index (χ2v) is 10.0. The van der Waals surface area contributed by atoms with Gasteiger partial charge in [0.1, 0.15) is 17.3 Å². The van der Waals surface area contributed by atoms with Gasteiger partial charge in [-0.2, -0.15) is 0 Å². The van der Waals surface area contributed by atoms with Crippen molar-refractivity contribution in [3.05, 3.63) is 64.7 Å². The summed E-state index contributed by atoms with van der Waals surface area (Å²) in [6.07, 6.45) is 0.587. The van der Waals surface area contributed by atoms with Crippen LogP contribution < -0.4 is 4.74 Å². The number of carbonyl (C=O) groups excluding carboxylic acids is 2. The third-order valence-corrected chi connectivity index (χ3v) is 6.06. The molecular weight excluding hydrogens is 446 g/mol. The van der Waals surface area contributed by atoms with Gasteiger partial charge in [0, 0.05) is 13.2 Å². The fourth-order valence-electron chi connectivity index (χ4n) is 4.17. The maximum Gasteiger partial charge on any atom is 0.295 e. The predicted octanol–water partition coefficient (Wildman–Crippen LogP) is 4.94. The Morgan fingerprint density at radius 2 is 1.74 bits per heavy atom. The van der Waals surface area contributed by atoms with E-state index in [4.69, 9.17) is 9.47 Å². The largest absolute Gasteiger partial charge is 0.508 e. The predicted molar refractivity (Wildman–Crippen MR) is 135 cm³/mol. The van der Waals surface area contributed by atoms with E-state index in [1.54, 1.807) is 24.3 Å². The number of aromatic hydroxyl groups is 1. The molecule has 1 heterocycles. The van der Waals surface area contributed by atoms with Crippen LogP contribution in [0.4, 0.5) is 0 Å². The first-order valence-corrected chi connectivity index (χ1v) is 11.8. The third kappa shape index (κ3) is 5.68. The fourth-order valence-corrected chi connectivity index (χ4v) is 4.17. The average Bonchev–Trinajstić information content (AvgIpc) is 3.05. The Morgan fingerprint density at radius 1 is 1.09 bits per heavy atom. The molecule has 1 aliphatic heterocycles. The van der Waals surface area contributed by atoms with E-state index in [1.165, 1.54) is 24.1 Å². The number of likely N-dealkylation sites (tertiary alicyclic amines) is 1. The molecule has 0 bridgehead atoms. The number of phenols is 1. The zero-order valence-corrected chi connectivity index (χ0v) is 21.3. The number of Topliss-reactive ketones (excluding diaryl/α,β-unsaturated/α-hetero) is 1. The van der Waals surface area contributed by atoms with Gasteiger partial charge in [-0.3, -0.25) is 9.59 Å². The molecule has 1 atom stereocenters. The number of nitrogens with zero attached hydrogens (tertiary/aromatic N) is 1. The van der Waals surface area contributed by atoms with E-state index in [0.717, 1.165) is 5.56 Å². The summed E-state index contributed by atoms with van der Waals surface area (Å²) in [6, 6.07) is 11.0. The van der Waals surface area contributed by atoms with Crippen molar-refractivity contribution in [1.29, 1.82) is 0 Å². The number of benzene rings is 2. The van der Waals surface area contributed by atoms with Crippen LogP contribution >= 0.6 is 0 Å². The number of ether oxygens (including phenoxy) is 2. The normalized spacial score (nSPS) is 17.9. The van der Waals surface area contributed by atoms with Crippen molar-refractivity contribution < 1.29 is 29.3 Å². The van der Waals surface area contributed by atoms with Crippen LogP contribution in [0.3, 0.4) is 0 Å². The lowest BCUT2D eigenvalue weighted by atomic mass is 9.85. The molecule has 1 amide bonds. The van der Waals surface area contributed by atoms with Crippen LogP contribution in [0.1, 0.15) is 63.8 Å². The first kappa shape index (κ1) is 26.3. The van der Waals surface area contributed by atoms with E-state index in [1.807, 2.05) is 40.7 Å². The van der Waals surface area contributed by atoms with Crippen LogP contribution in [0.2, 0.25) is 0 Å². The molecule has 0 saturated carbocycles. The van der Waals surface area contributed by atoms with Gasteiger partial charge in [0.25, 0.3) is 11.7 Å². The molecule has 1 aliphatic rings. The van der Waals surface area contributed by atoms with Gasteiger partial charge in [-0.25, -0.2) is 0 Å². The zero-order valence-electron chi connectivity index (χ0n) is 21.3. The van der Waals surface area contributed by atoms with Crippen LogP contribution in [0, 0.1) is 0 Å². The molecular formula is C28H35NO6. The van der Waals surface area contributed by atoms with Crippen LogP contribution in [-0.2, 0) is 19.7 Å². The monoisotopic (exact) mass is 481 g/mol. The number of phenolic OH excluding ortho intramolecular Hbond substituents is 1. The lowest BCUT2D eigenvalue weighted by Crippen LogP contribution is -2.31. The van der Waals surface area contributed by atoms with E-state index < -0.39 is 17.7 Å². The number of ketones is 1. The van der Waals surface area contributed by atoms with Crippen molar-refractivity contribution in [1.82, 2.24) is 4.90 Å². The average molecular weight is 482 g/mol. The summed E-state index contributed by atoms with van der Waals surface area (Å²) in [5, 5.41) is 21.3. The highest BCUT2D eigenvalue weighted by molar-refractivity contribution is 6.46. The summed E-state index contributed by atoms with van der Waals surface area (Å²) in [5.41, 5.74) is 1.69. The second kappa shape index (κ2) is 10.5. The number of amides is 1. The number of aliphatic hydroxyl groups is 1. The Balaban J connectivity index is 2.14. The van der Waals surface area contributed by atoms with Gasteiger partial charge in [-0.15, -0.1) is 0 Å². The van der Waals surface area contributed by atoms with Gasteiger partial charge in [-0.1, -0.05) is 39.0 Å². The van der Waals surface area contributed by atoms with E-state index in [-0.39, 0.29) is 35.1 Å². The summed E-state index contributed by atoms with van der Waals surface area (Å²) < 4.78 is 11.1. The highest BCUT2D eigenvalue weighted by atomic mass is 16.5. The molecule has 1 saturated heterocycles. The minimum absolute atomic E-state index is 0.00479. The Hall–Kier alpha value is -3.32. The smallest absolute Gasteiger partial charge is 0.295 e. The Labute approximate surface area is 207 Å². The first-order valence-electron chi connectivity index (χ1n) is 11.8.